The summed E-state index contributed by atoms with van der Waals surface area (Å²) in [5.41, 5.74) is -1.90. The molecule has 4 rings (SSSR count). The van der Waals surface area contributed by atoms with Crippen LogP contribution in [-0.4, -0.2) is 52.7 Å². The summed E-state index contributed by atoms with van der Waals surface area (Å²) in [5, 5.41) is 32.6. The van der Waals surface area contributed by atoms with E-state index in [1.807, 2.05) is 0 Å². The Hall–Kier alpha value is -2.47. The molecule has 11 heteroatoms. The van der Waals surface area contributed by atoms with Gasteiger partial charge in [-0.3, -0.25) is 4.79 Å². The van der Waals surface area contributed by atoms with Gasteiger partial charge in [-0.25, -0.2) is 21.6 Å². The number of rotatable bonds is 6. The first kappa shape index (κ1) is 25.6. The van der Waals surface area contributed by atoms with Crippen molar-refractivity contribution in [2.45, 2.75) is 60.6 Å². The molecule has 0 radical (unpaired) electrons. The van der Waals surface area contributed by atoms with Crippen LogP contribution in [0.5, 0.6) is 0 Å². The highest BCUT2D eigenvalue weighted by atomic mass is 32.2. The zero-order chi connectivity index (χ0) is 25.7. The van der Waals surface area contributed by atoms with Crippen LogP contribution in [0.4, 0.5) is 18.9 Å². The maximum atomic E-state index is 14.7. The number of carbonyl (C=O) groups is 1. The highest BCUT2D eigenvalue weighted by Gasteiger charge is 2.59. The van der Waals surface area contributed by atoms with Gasteiger partial charge in [0.15, 0.2) is 21.5 Å². The minimum atomic E-state index is -4.28. The van der Waals surface area contributed by atoms with E-state index >= 15 is 0 Å². The highest BCUT2D eigenvalue weighted by molar-refractivity contribution is 7.92. The van der Waals surface area contributed by atoms with Gasteiger partial charge in [-0.1, -0.05) is 0 Å². The molecule has 7 nitrogen and oxygen atoms in total. The SMILES string of the molecule is C[C@H](O)[C@@H](O)C1(O)[C@@H]2CC[C@H]1CC(S(=O)(=O)c1cc(C(=O)Nc3ccc(F)c(F)c3)ccc1F)C2. The first-order valence-electron chi connectivity index (χ1n) is 11.2. The number of nitrogens with one attached hydrogen (secondary N) is 1. The summed E-state index contributed by atoms with van der Waals surface area (Å²) >= 11 is 0. The Balaban J connectivity index is 1.59. The van der Waals surface area contributed by atoms with E-state index in [-0.39, 0.29) is 24.1 Å². The summed E-state index contributed by atoms with van der Waals surface area (Å²) in [4.78, 5) is 11.9. The van der Waals surface area contributed by atoms with E-state index < -0.39 is 73.0 Å². The molecule has 0 aliphatic heterocycles. The number of hydrogen-bond acceptors (Lipinski definition) is 6. The minimum Gasteiger partial charge on any atom is -0.391 e. The van der Waals surface area contributed by atoms with Gasteiger partial charge in [0.05, 0.1) is 17.0 Å². The fourth-order valence-corrected chi connectivity index (χ4v) is 7.45. The molecule has 2 unspecified atom stereocenters. The predicted molar refractivity (Wildman–Crippen MR) is 120 cm³/mol. The Bertz CT molecular complexity index is 1240. The molecule has 2 fully saturated rings. The fraction of sp³-hybridized carbons (Fsp3) is 0.458. The molecule has 2 aliphatic carbocycles. The van der Waals surface area contributed by atoms with Crippen LogP contribution < -0.4 is 5.32 Å². The molecular weight excluding hydrogens is 487 g/mol. The smallest absolute Gasteiger partial charge is 0.255 e. The van der Waals surface area contributed by atoms with Crippen molar-refractivity contribution in [3.63, 3.8) is 0 Å². The molecular formula is C24H26F3NO6S. The minimum absolute atomic E-state index is 0.0379. The number of benzene rings is 2. The normalized spacial score (nSPS) is 27.9. The zero-order valence-electron chi connectivity index (χ0n) is 18.8. The molecule has 0 saturated heterocycles. The van der Waals surface area contributed by atoms with Crippen molar-refractivity contribution in [3.05, 3.63) is 59.4 Å². The molecule has 1 amide bonds. The van der Waals surface area contributed by atoms with Crippen molar-refractivity contribution in [1.29, 1.82) is 0 Å². The third-order valence-electron chi connectivity index (χ3n) is 7.31. The van der Waals surface area contributed by atoms with Crippen LogP contribution in [0, 0.1) is 29.3 Å². The monoisotopic (exact) mass is 513 g/mol. The quantitative estimate of drug-likeness (QED) is 0.471. The third kappa shape index (κ3) is 4.46. The summed E-state index contributed by atoms with van der Waals surface area (Å²) < 4.78 is 68.0. The van der Waals surface area contributed by atoms with Crippen LogP contribution in [-0.2, 0) is 9.84 Å². The predicted octanol–water partition coefficient (Wildman–Crippen LogP) is 2.79. The van der Waals surface area contributed by atoms with Crippen LogP contribution in [0.15, 0.2) is 41.3 Å². The second-order valence-corrected chi connectivity index (χ2v) is 11.6. The van der Waals surface area contributed by atoms with Gasteiger partial charge in [0.1, 0.15) is 16.8 Å². The molecule has 2 bridgehead atoms. The third-order valence-corrected chi connectivity index (χ3v) is 9.50. The topological polar surface area (TPSA) is 124 Å². The largest absolute Gasteiger partial charge is 0.391 e. The summed E-state index contributed by atoms with van der Waals surface area (Å²) in [5.74, 6) is -5.38. The molecule has 0 aromatic heterocycles. The Kier molecular flexibility index (Phi) is 6.73. The van der Waals surface area contributed by atoms with E-state index in [1.165, 1.54) is 6.92 Å². The average Bonchev–Trinajstić information content (AvgIpc) is 2.97. The zero-order valence-corrected chi connectivity index (χ0v) is 19.6. The molecule has 2 aromatic rings. The van der Waals surface area contributed by atoms with Gasteiger partial charge in [0.25, 0.3) is 5.91 Å². The van der Waals surface area contributed by atoms with Crippen molar-refractivity contribution in [3.8, 4) is 0 Å². The lowest BCUT2D eigenvalue weighted by atomic mass is 9.70. The summed E-state index contributed by atoms with van der Waals surface area (Å²) in [6.45, 7) is 1.34. The average molecular weight is 514 g/mol. The number of aliphatic hydroxyl groups excluding tert-OH is 2. The van der Waals surface area contributed by atoms with Gasteiger partial charge < -0.3 is 20.6 Å². The molecule has 4 N–H and O–H groups in total. The highest BCUT2D eigenvalue weighted by Crippen LogP contribution is 2.53. The summed E-state index contributed by atoms with van der Waals surface area (Å²) in [6.07, 6.45) is -1.82. The van der Waals surface area contributed by atoms with Crippen LogP contribution in [0.2, 0.25) is 0 Å². The number of halogens is 3. The lowest BCUT2D eigenvalue weighted by molar-refractivity contribution is -0.172. The number of anilines is 1. The Morgan fingerprint density at radius 2 is 1.60 bits per heavy atom. The molecule has 2 aromatic carbocycles. The van der Waals surface area contributed by atoms with Crippen molar-refractivity contribution in [2.24, 2.45) is 11.8 Å². The summed E-state index contributed by atoms with van der Waals surface area (Å²) in [6, 6.07) is 5.52. The molecule has 2 saturated carbocycles. The van der Waals surface area contributed by atoms with Crippen LogP contribution in [0.3, 0.4) is 0 Å². The van der Waals surface area contributed by atoms with Crippen LogP contribution in [0.1, 0.15) is 43.0 Å². The van der Waals surface area contributed by atoms with Gasteiger partial charge in [-0.2, -0.15) is 0 Å². The molecule has 0 heterocycles. The molecule has 0 spiro atoms. The first-order chi connectivity index (χ1) is 16.4. The van der Waals surface area contributed by atoms with Crippen LogP contribution >= 0.6 is 0 Å². The number of sulfone groups is 1. The molecule has 190 valence electrons. The van der Waals surface area contributed by atoms with Crippen molar-refractivity contribution in [1.82, 2.24) is 0 Å². The summed E-state index contributed by atoms with van der Waals surface area (Å²) in [7, 11) is -4.28. The van der Waals surface area contributed by atoms with E-state index in [0.717, 1.165) is 36.4 Å². The lowest BCUT2D eigenvalue weighted by Gasteiger charge is -2.46. The number of carbonyl (C=O) groups excluding carboxylic acids is 1. The van der Waals surface area contributed by atoms with E-state index in [9.17, 15) is 41.7 Å². The van der Waals surface area contributed by atoms with Gasteiger partial charge in [0.2, 0.25) is 0 Å². The van der Waals surface area contributed by atoms with Crippen molar-refractivity contribution in [2.75, 3.05) is 5.32 Å². The van der Waals surface area contributed by atoms with Gasteiger partial charge >= 0.3 is 0 Å². The molecule has 6 atom stereocenters. The maximum Gasteiger partial charge on any atom is 0.255 e. The number of hydrogen-bond donors (Lipinski definition) is 4. The molecule has 35 heavy (non-hydrogen) atoms. The van der Waals surface area contributed by atoms with Crippen molar-refractivity contribution < 1.29 is 41.7 Å². The molecule has 2 aliphatic rings. The van der Waals surface area contributed by atoms with E-state index in [2.05, 4.69) is 5.32 Å². The second kappa shape index (κ2) is 9.20. The maximum absolute atomic E-state index is 14.7. The number of aliphatic hydroxyl groups is 3. The number of fused-ring (bicyclic) bond motifs is 2. The van der Waals surface area contributed by atoms with Crippen LogP contribution in [0.25, 0.3) is 0 Å². The standard InChI is InChI=1S/C24H26F3NO6S/c1-12(29)22(30)24(32)14-3-4-15(24)10-17(9-14)35(33,34)21-8-13(2-6-19(21)26)23(31)28-16-5-7-18(25)20(27)11-16/h2,5-8,11-12,14-15,17,22,29-30,32H,3-4,9-10H2,1H3,(H,28,31)/t12-,14-,15+,17?,22+,24?/m0/s1. The van der Waals surface area contributed by atoms with E-state index in [1.54, 1.807) is 0 Å². The first-order valence-corrected chi connectivity index (χ1v) is 12.8. The van der Waals surface area contributed by atoms with Gasteiger partial charge in [-0.05, 0) is 74.8 Å². The van der Waals surface area contributed by atoms with Gasteiger partial charge in [-0.15, -0.1) is 0 Å². The van der Waals surface area contributed by atoms with Crippen molar-refractivity contribution >= 4 is 21.4 Å². The fourth-order valence-electron chi connectivity index (χ4n) is 5.48. The van der Waals surface area contributed by atoms with Gasteiger partial charge in [0, 0.05) is 17.3 Å². The Morgan fingerprint density at radius 1 is 1.00 bits per heavy atom. The number of amides is 1. The van der Waals surface area contributed by atoms with E-state index in [0.29, 0.717) is 12.8 Å². The Morgan fingerprint density at radius 3 is 2.17 bits per heavy atom. The lowest BCUT2D eigenvalue weighted by Crippen LogP contribution is -2.58. The van der Waals surface area contributed by atoms with E-state index in [4.69, 9.17) is 0 Å². The Labute approximate surface area is 200 Å². The second-order valence-electron chi connectivity index (χ2n) is 9.41.